The molecular weight excluding hydrogens is 261 g/mol. The predicted octanol–water partition coefficient (Wildman–Crippen LogP) is 2.57. The van der Waals surface area contributed by atoms with Crippen LogP contribution in [0.15, 0.2) is 29.0 Å². The fourth-order valence-electron chi connectivity index (χ4n) is 1.31. The average molecular weight is 270 g/mol. The molecule has 15 heavy (non-hydrogen) atoms. The third-order valence-electron chi connectivity index (χ3n) is 2.18. The van der Waals surface area contributed by atoms with Crippen molar-refractivity contribution in [3.05, 3.63) is 34.8 Å². The van der Waals surface area contributed by atoms with Gasteiger partial charge >= 0.3 is 0 Å². The van der Waals surface area contributed by atoms with Crippen molar-refractivity contribution in [2.24, 2.45) is 7.05 Å². The Morgan fingerprint density at radius 3 is 2.73 bits per heavy atom. The summed E-state index contributed by atoms with van der Waals surface area (Å²) in [6.07, 6.45) is 1.60. The normalized spacial score (nSPS) is 10.6. The first-order valence-electron chi connectivity index (χ1n) is 4.32. The summed E-state index contributed by atoms with van der Waals surface area (Å²) in [6.45, 7) is 0. The highest BCUT2D eigenvalue weighted by Crippen LogP contribution is 2.26. The minimum absolute atomic E-state index is 0.322. The van der Waals surface area contributed by atoms with Crippen molar-refractivity contribution in [2.45, 2.75) is 0 Å². The van der Waals surface area contributed by atoms with E-state index in [4.69, 9.17) is 5.73 Å². The molecule has 0 saturated carbocycles. The number of hydrogen-bond donors (Lipinski definition) is 1. The van der Waals surface area contributed by atoms with Crippen LogP contribution in [0.4, 0.5) is 10.2 Å². The lowest BCUT2D eigenvalue weighted by Gasteiger charge is -2.01. The highest BCUT2D eigenvalue weighted by molar-refractivity contribution is 9.10. The molecule has 0 radical (unpaired) electrons. The molecule has 0 aliphatic rings. The minimum Gasteiger partial charge on any atom is -0.383 e. The summed E-state index contributed by atoms with van der Waals surface area (Å²) in [4.78, 5) is 4.11. The Bertz CT molecular complexity index is 507. The van der Waals surface area contributed by atoms with Gasteiger partial charge in [0.05, 0.1) is 10.8 Å². The van der Waals surface area contributed by atoms with Crippen LogP contribution in [0.3, 0.4) is 0 Å². The Morgan fingerprint density at radius 2 is 2.20 bits per heavy atom. The topological polar surface area (TPSA) is 43.8 Å². The van der Waals surface area contributed by atoms with E-state index in [1.807, 2.05) is 0 Å². The third kappa shape index (κ3) is 1.74. The molecule has 0 aliphatic heterocycles. The maximum absolute atomic E-state index is 13.3. The van der Waals surface area contributed by atoms with Crippen molar-refractivity contribution in [1.82, 2.24) is 9.55 Å². The number of rotatable bonds is 1. The number of imidazole rings is 1. The van der Waals surface area contributed by atoms with Crippen LogP contribution in [0.5, 0.6) is 0 Å². The van der Waals surface area contributed by atoms with E-state index >= 15 is 0 Å². The van der Waals surface area contributed by atoms with Crippen molar-refractivity contribution in [1.29, 1.82) is 0 Å². The van der Waals surface area contributed by atoms with Gasteiger partial charge in [0, 0.05) is 12.6 Å². The number of nitrogens with two attached hydrogens (primary N) is 1. The zero-order valence-electron chi connectivity index (χ0n) is 8.04. The lowest BCUT2D eigenvalue weighted by atomic mass is 10.1. The van der Waals surface area contributed by atoms with E-state index in [-0.39, 0.29) is 5.82 Å². The van der Waals surface area contributed by atoms with Gasteiger partial charge in [0.25, 0.3) is 0 Å². The van der Waals surface area contributed by atoms with Crippen molar-refractivity contribution in [2.75, 3.05) is 5.73 Å². The lowest BCUT2D eigenvalue weighted by molar-refractivity contribution is 0.621. The van der Waals surface area contributed by atoms with E-state index in [1.165, 1.54) is 6.07 Å². The Balaban J connectivity index is 2.55. The first-order valence-corrected chi connectivity index (χ1v) is 5.11. The summed E-state index contributed by atoms with van der Waals surface area (Å²) < 4.78 is 15.4. The maximum Gasteiger partial charge on any atom is 0.138 e. The molecule has 0 fully saturated rings. The molecule has 1 aromatic heterocycles. The molecule has 78 valence electrons. The van der Waals surface area contributed by atoms with Crippen LogP contribution in [-0.4, -0.2) is 9.55 Å². The Kier molecular flexibility index (Phi) is 2.48. The first-order chi connectivity index (χ1) is 7.09. The zero-order valence-corrected chi connectivity index (χ0v) is 9.62. The van der Waals surface area contributed by atoms with Crippen LogP contribution < -0.4 is 5.73 Å². The minimum atomic E-state index is -0.322. The molecule has 0 spiro atoms. The molecule has 0 unspecified atom stereocenters. The molecule has 1 heterocycles. The Morgan fingerprint density at radius 1 is 1.47 bits per heavy atom. The molecule has 2 N–H and O–H groups in total. The molecule has 0 aliphatic carbocycles. The van der Waals surface area contributed by atoms with Gasteiger partial charge in [0.2, 0.25) is 0 Å². The molecule has 2 aromatic rings. The van der Waals surface area contributed by atoms with Crippen LogP contribution >= 0.6 is 15.9 Å². The third-order valence-corrected chi connectivity index (χ3v) is 2.82. The molecule has 3 nitrogen and oxygen atoms in total. The van der Waals surface area contributed by atoms with Crippen molar-refractivity contribution in [3.63, 3.8) is 0 Å². The molecule has 1 aromatic carbocycles. The van der Waals surface area contributed by atoms with E-state index in [9.17, 15) is 4.39 Å². The van der Waals surface area contributed by atoms with Crippen LogP contribution in [0, 0.1) is 5.82 Å². The van der Waals surface area contributed by atoms with Gasteiger partial charge in [0.1, 0.15) is 17.3 Å². The fourth-order valence-corrected chi connectivity index (χ4v) is 1.55. The van der Waals surface area contributed by atoms with Gasteiger partial charge in [-0.15, -0.1) is 0 Å². The van der Waals surface area contributed by atoms with E-state index in [0.29, 0.717) is 21.5 Å². The molecule has 0 bridgehead atoms. The molecular formula is C10H9BrFN3. The van der Waals surface area contributed by atoms with Crippen LogP contribution in [0.2, 0.25) is 0 Å². The molecule has 0 amide bonds. The quantitative estimate of drug-likeness (QED) is 0.865. The average Bonchev–Trinajstić information content (AvgIpc) is 2.53. The van der Waals surface area contributed by atoms with Gasteiger partial charge in [-0.2, -0.15) is 0 Å². The standard InChI is InChI=1S/C10H9BrFN3/c1-15-5-14-9(10(15)13)6-2-3-7(11)8(12)4-6/h2-5H,13H2,1H3. The van der Waals surface area contributed by atoms with Gasteiger partial charge in [0.15, 0.2) is 0 Å². The smallest absolute Gasteiger partial charge is 0.138 e. The van der Waals surface area contributed by atoms with Crippen molar-refractivity contribution < 1.29 is 4.39 Å². The monoisotopic (exact) mass is 269 g/mol. The second-order valence-electron chi connectivity index (χ2n) is 3.22. The number of nitrogen functional groups attached to an aromatic ring is 1. The second-order valence-corrected chi connectivity index (χ2v) is 4.07. The highest BCUT2D eigenvalue weighted by atomic mass is 79.9. The summed E-state index contributed by atoms with van der Waals surface area (Å²) in [7, 11) is 1.79. The second kappa shape index (κ2) is 3.66. The van der Waals surface area contributed by atoms with E-state index in [1.54, 1.807) is 30.1 Å². The lowest BCUT2D eigenvalue weighted by Crippen LogP contribution is -1.96. The van der Waals surface area contributed by atoms with Crippen LogP contribution in [-0.2, 0) is 7.05 Å². The fraction of sp³-hybridized carbons (Fsp3) is 0.100. The summed E-state index contributed by atoms with van der Waals surface area (Å²) in [6, 6.07) is 4.81. The molecule has 5 heteroatoms. The number of benzene rings is 1. The molecule has 2 rings (SSSR count). The summed E-state index contributed by atoms with van der Waals surface area (Å²) in [5.41, 5.74) is 7.06. The van der Waals surface area contributed by atoms with Gasteiger partial charge < -0.3 is 10.3 Å². The van der Waals surface area contributed by atoms with Gasteiger partial charge in [-0.05, 0) is 28.1 Å². The largest absolute Gasteiger partial charge is 0.383 e. The maximum atomic E-state index is 13.3. The van der Waals surface area contributed by atoms with Crippen molar-refractivity contribution >= 4 is 21.7 Å². The number of aromatic nitrogens is 2. The zero-order chi connectivity index (χ0) is 11.0. The Labute approximate surface area is 94.9 Å². The first kappa shape index (κ1) is 10.2. The number of anilines is 1. The van der Waals surface area contributed by atoms with E-state index in [2.05, 4.69) is 20.9 Å². The summed E-state index contributed by atoms with van der Waals surface area (Å²) in [5.74, 6) is 0.203. The van der Waals surface area contributed by atoms with E-state index < -0.39 is 0 Å². The van der Waals surface area contributed by atoms with E-state index in [0.717, 1.165) is 0 Å². The van der Waals surface area contributed by atoms with Crippen molar-refractivity contribution in [3.8, 4) is 11.3 Å². The van der Waals surface area contributed by atoms with Crippen LogP contribution in [0.25, 0.3) is 11.3 Å². The summed E-state index contributed by atoms with van der Waals surface area (Å²) in [5, 5.41) is 0. The predicted molar refractivity (Wildman–Crippen MR) is 60.7 cm³/mol. The van der Waals surface area contributed by atoms with Gasteiger partial charge in [-0.3, -0.25) is 0 Å². The van der Waals surface area contributed by atoms with Gasteiger partial charge in [-0.25, -0.2) is 9.37 Å². The number of halogens is 2. The SMILES string of the molecule is Cn1cnc(-c2ccc(Br)c(F)c2)c1N. The molecule has 0 atom stereocenters. The van der Waals surface area contributed by atoms with Gasteiger partial charge in [-0.1, -0.05) is 6.07 Å². The number of hydrogen-bond acceptors (Lipinski definition) is 2. The highest BCUT2D eigenvalue weighted by Gasteiger charge is 2.09. The number of nitrogens with zero attached hydrogens (tertiary/aromatic N) is 2. The summed E-state index contributed by atoms with van der Waals surface area (Å²) >= 11 is 3.09. The molecule has 0 saturated heterocycles. The van der Waals surface area contributed by atoms with Crippen LogP contribution in [0.1, 0.15) is 0 Å². The Hall–Kier alpha value is -1.36. The number of aryl methyl sites for hydroxylation is 1.